The molecule has 0 spiro atoms. The monoisotopic (exact) mass is 306 g/mol. The number of carbonyl (C=O) groups is 1. The first-order valence-electron chi connectivity index (χ1n) is 5.90. The van der Waals surface area contributed by atoms with Crippen LogP contribution in [0.15, 0.2) is 6.07 Å². The zero-order valence-electron chi connectivity index (χ0n) is 12.1. The van der Waals surface area contributed by atoms with Crippen LogP contribution in [0.2, 0.25) is 0 Å². The number of methoxy groups -OCH3 is 1. The first-order valence-corrected chi connectivity index (χ1v) is 6.72. The van der Waals surface area contributed by atoms with E-state index in [9.17, 15) is 4.79 Å². The Morgan fingerprint density at radius 1 is 1.53 bits per heavy atom. The number of amides is 1. The van der Waals surface area contributed by atoms with E-state index >= 15 is 0 Å². The van der Waals surface area contributed by atoms with Gasteiger partial charge in [0.2, 0.25) is 0 Å². The molecule has 110 valence electrons. The van der Waals surface area contributed by atoms with Gasteiger partial charge in [-0.3, -0.25) is 4.79 Å². The normalized spacial score (nSPS) is 10.8. The van der Waals surface area contributed by atoms with E-state index < -0.39 is 0 Å². The Labute approximate surface area is 125 Å². The van der Waals surface area contributed by atoms with Crippen LogP contribution in [-0.2, 0) is 0 Å². The Balaban J connectivity index is 0.00000324. The fraction of sp³-hybridized carbons (Fsp3) is 0.615. The summed E-state index contributed by atoms with van der Waals surface area (Å²) in [6, 6.07) is 1.89. The van der Waals surface area contributed by atoms with Crippen LogP contribution in [-0.4, -0.2) is 38.1 Å². The summed E-state index contributed by atoms with van der Waals surface area (Å²) in [5.74, 6) is 0.645. The van der Waals surface area contributed by atoms with Crippen molar-refractivity contribution in [2.45, 2.75) is 20.8 Å². The van der Waals surface area contributed by atoms with Crippen LogP contribution in [0.1, 0.15) is 28.4 Å². The van der Waals surface area contributed by atoms with Crippen LogP contribution in [0.25, 0.3) is 0 Å². The van der Waals surface area contributed by atoms with Gasteiger partial charge in [0.25, 0.3) is 5.91 Å². The Kier molecular flexibility index (Phi) is 6.83. The molecule has 0 saturated carbocycles. The average molecular weight is 307 g/mol. The lowest BCUT2D eigenvalue weighted by atomic mass is 9.93. The molecule has 0 radical (unpaired) electrons. The Hall–Kier alpha value is -0.780. The summed E-state index contributed by atoms with van der Waals surface area (Å²) in [7, 11) is 3.39. The molecular formula is C13H23ClN2O2S. The molecule has 0 saturated heterocycles. The highest BCUT2D eigenvalue weighted by molar-refractivity contribution is 7.14. The zero-order valence-corrected chi connectivity index (χ0v) is 13.8. The van der Waals surface area contributed by atoms with Gasteiger partial charge in [-0.25, -0.2) is 0 Å². The molecule has 1 rings (SSSR count). The summed E-state index contributed by atoms with van der Waals surface area (Å²) in [4.78, 5) is 15.8. The predicted molar refractivity (Wildman–Crippen MR) is 82.7 cm³/mol. The maximum Gasteiger partial charge on any atom is 0.267 e. The second-order valence-electron chi connectivity index (χ2n) is 5.28. The van der Waals surface area contributed by atoms with Crippen LogP contribution >= 0.6 is 23.7 Å². The van der Waals surface area contributed by atoms with Crippen molar-refractivity contribution in [1.29, 1.82) is 0 Å². The molecule has 0 atom stereocenters. The van der Waals surface area contributed by atoms with Crippen molar-refractivity contribution in [2.24, 2.45) is 11.1 Å². The van der Waals surface area contributed by atoms with E-state index in [-0.39, 0.29) is 23.7 Å². The summed E-state index contributed by atoms with van der Waals surface area (Å²) in [5, 5.41) is 0. The van der Waals surface area contributed by atoms with Crippen molar-refractivity contribution < 1.29 is 9.53 Å². The lowest BCUT2D eigenvalue weighted by molar-refractivity contribution is 0.0742. The van der Waals surface area contributed by atoms with Gasteiger partial charge in [-0.05, 0) is 24.9 Å². The third-order valence-corrected chi connectivity index (χ3v) is 3.82. The smallest absolute Gasteiger partial charge is 0.267 e. The highest BCUT2D eigenvalue weighted by Crippen LogP contribution is 2.30. The van der Waals surface area contributed by atoms with Gasteiger partial charge >= 0.3 is 0 Å². The molecule has 2 N–H and O–H groups in total. The first kappa shape index (κ1) is 18.2. The maximum atomic E-state index is 12.3. The molecule has 19 heavy (non-hydrogen) atoms. The number of carbonyl (C=O) groups excluding carboxylic acids is 1. The average Bonchev–Trinajstić information content (AvgIpc) is 2.68. The maximum absolute atomic E-state index is 12.3. The number of ether oxygens (including phenoxy) is 1. The van der Waals surface area contributed by atoms with Gasteiger partial charge in [-0.15, -0.1) is 23.7 Å². The van der Waals surface area contributed by atoms with Gasteiger partial charge < -0.3 is 15.4 Å². The molecule has 6 heteroatoms. The van der Waals surface area contributed by atoms with Crippen molar-refractivity contribution in [1.82, 2.24) is 4.90 Å². The number of hydrogen-bond donors (Lipinski definition) is 1. The molecule has 1 aromatic heterocycles. The Bertz CT molecular complexity index is 432. The predicted octanol–water partition coefficient (Wildman–Crippen LogP) is 2.54. The van der Waals surface area contributed by atoms with Crippen molar-refractivity contribution in [3.05, 3.63) is 15.8 Å². The molecule has 1 heterocycles. The van der Waals surface area contributed by atoms with Crippen molar-refractivity contribution in [3.63, 3.8) is 0 Å². The topological polar surface area (TPSA) is 55.6 Å². The highest BCUT2D eigenvalue weighted by Gasteiger charge is 2.25. The SMILES string of the molecule is COc1cc(C)sc1C(=O)N(C)CC(C)(C)CN.Cl. The van der Waals surface area contributed by atoms with Gasteiger partial charge in [0, 0.05) is 18.5 Å². The van der Waals surface area contributed by atoms with E-state index in [1.165, 1.54) is 11.3 Å². The Morgan fingerprint density at radius 2 is 2.11 bits per heavy atom. The molecule has 0 unspecified atom stereocenters. The third-order valence-electron chi connectivity index (χ3n) is 2.80. The van der Waals surface area contributed by atoms with Crippen LogP contribution in [0.4, 0.5) is 0 Å². The second kappa shape index (κ2) is 7.12. The van der Waals surface area contributed by atoms with Gasteiger partial charge in [0.05, 0.1) is 7.11 Å². The van der Waals surface area contributed by atoms with Crippen LogP contribution < -0.4 is 10.5 Å². The summed E-state index contributed by atoms with van der Waals surface area (Å²) >= 11 is 1.46. The minimum Gasteiger partial charge on any atom is -0.495 e. The van der Waals surface area contributed by atoms with E-state index in [2.05, 4.69) is 0 Å². The molecule has 0 aliphatic rings. The molecule has 1 aromatic rings. The fourth-order valence-electron chi connectivity index (χ4n) is 1.74. The van der Waals surface area contributed by atoms with Crippen molar-refractivity contribution in [3.8, 4) is 5.75 Å². The summed E-state index contributed by atoms with van der Waals surface area (Å²) < 4.78 is 5.23. The first-order chi connectivity index (χ1) is 8.30. The summed E-state index contributed by atoms with van der Waals surface area (Å²) in [6.45, 7) is 7.24. The van der Waals surface area contributed by atoms with E-state index in [0.29, 0.717) is 23.7 Å². The number of nitrogens with zero attached hydrogens (tertiary/aromatic N) is 1. The van der Waals surface area contributed by atoms with Gasteiger partial charge in [-0.2, -0.15) is 0 Å². The molecule has 0 bridgehead atoms. The van der Waals surface area contributed by atoms with Gasteiger partial charge in [-0.1, -0.05) is 13.8 Å². The van der Waals surface area contributed by atoms with Gasteiger partial charge in [0.1, 0.15) is 10.6 Å². The minimum atomic E-state index is -0.0794. The number of aryl methyl sites for hydroxylation is 1. The quantitative estimate of drug-likeness (QED) is 0.909. The number of nitrogens with two attached hydrogens (primary N) is 1. The summed E-state index contributed by atoms with van der Waals surface area (Å²) in [6.07, 6.45) is 0. The number of halogens is 1. The number of rotatable bonds is 5. The molecule has 0 fully saturated rings. The van der Waals surface area contributed by atoms with Crippen LogP contribution in [0.5, 0.6) is 5.75 Å². The molecule has 0 aliphatic carbocycles. The van der Waals surface area contributed by atoms with E-state index in [0.717, 1.165) is 4.88 Å². The number of hydrogen-bond acceptors (Lipinski definition) is 4. The van der Waals surface area contributed by atoms with Crippen molar-refractivity contribution in [2.75, 3.05) is 27.2 Å². The highest BCUT2D eigenvalue weighted by atomic mass is 35.5. The lowest BCUT2D eigenvalue weighted by Gasteiger charge is -2.28. The zero-order chi connectivity index (χ0) is 13.9. The Morgan fingerprint density at radius 3 is 2.58 bits per heavy atom. The lowest BCUT2D eigenvalue weighted by Crippen LogP contribution is -2.39. The van der Waals surface area contributed by atoms with Crippen LogP contribution in [0, 0.1) is 12.3 Å². The summed E-state index contributed by atoms with van der Waals surface area (Å²) in [5.41, 5.74) is 5.61. The fourth-order valence-corrected chi connectivity index (χ4v) is 2.72. The number of thiophene rings is 1. The second-order valence-corrected chi connectivity index (χ2v) is 6.54. The molecule has 0 aliphatic heterocycles. The minimum absolute atomic E-state index is 0. The van der Waals surface area contributed by atoms with E-state index in [1.54, 1.807) is 19.1 Å². The molecule has 0 aromatic carbocycles. The molecule has 4 nitrogen and oxygen atoms in total. The van der Waals surface area contributed by atoms with E-state index in [1.807, 2.05) is 26.8 Å². The van der Waals surface area contributed by atoms with Crippen LogP contribution in [0.3, 0.4) is 0 Å². The third kappa shape index (κ3) is 4.67. The molecular weight excluding hydrogens is 284 g/mol. The molecule has 1 amide bonds. The van der Waals surface area contributed by atoms with Crippen molar-refractivity contribution >= 4 is 29.7 Å². The standard InChI is InChI=1S/C13H22N2O2S.ClH/c1-9-6-10(17-5)11(18-9)12(16)15(4)8-13(2,3)7-14;/h6H,7-8,14H2,1-5H3;1H. The van der Waals surface area contributed by atoms with Gasteiger partial charge in [0.15, 0.2) is 0 Å². The van der Waals surface area contributed by atoms with E-state index in [4.69, 9.17) is 10.5 Å². The largest absolute Gasteiger partial charge is 0.495 e.